The summed E-state index contributed by atoms with van der Waals surface area (Å²) in [5, 5.41) is -0.639. The van der Waals surface area contributed by atoms with Gasteiger partial charge in [0.15, 0.2) is 12.3 Å². The van der Waals surface area contributed by atoms with Gasteiger partial charge < -0.3 is 14.8 Å². The summed E-state index contributed by atoms with van der Waals surface area (Å²) in [4.78, 5) is 9.09. The van der Waals surface area contributed by atoms with Crippen molar-refractivity contribution < 1.29 is 13.9 Å². The number of carbonyl (C=O) groups excluding carboxylic acids is 1. The standard InChI is InChI=1S/CH3NOS.H2O2S/c2-1(3)4;1-3-2/h(H3,2,3,4);1-2H. The van der Waals surface area contributed by atoms with E-state index in [2.05, 4.69) is 18.4 Å². The summed E-state index contributed by atoms with van der Waals surface area (Å²) in [6.07, 6.45) is 0. The fourth-order valence-corrected chi connectivity index (χ4v) is 0. The summed E-state index contributed by atoms with van der Waals surface area (Å²) in [5.74, 6) is 0. The van der Waals surface area contributed by atoms with Gasteiger partial charge in [0.1, 0.15) is 0 Å². The van der Waals surface area contributed by atoms with Gasteiger partial charge in [-0.25, -0.2) is 0 Å². The molecule has 0 aliphatic rings. The molecule has 0 unspecified atom stereocenters. The van der Waals surface area contributed by atoms with Gasteiger partial charge in [-0.05, 0) is 0 Å². The number of amides is 1. The lowest BCUT2D eigenvalue weighted by Gasteiger charge is -1.58. The average molecular weight is 143 g/mol. The Morgan fingerprint density at radius 1 is 1.71 bits per heavy atom. The van der Waals surface area contributed by atoms with Crippen molar-refractivity contribution in [3.63, 3.8) is 0 Å². The monoisotopic (exact) mass is 143 g/mol. The van der Waals surface area contributed by atoms with E-state index in [1.54, 1.807) is 0 Å². The van der Waals surface area contributed by atoms with Gasteiger partial charge in [0.05, 0.1) is 0 Å². The Morgan fingerprint density at radius 2 is 1.71 bits per heavy atom. The third-order valence-corrected chi connectivity index (χ3v) is 0. The van der Waals surface area contributed by atoms with Crippen LogP contribution in [-0.4, -0.2) is 14.3 Å². The maximum Gasteiger partial charge on any atom is 0.273 e. The Balaban J connectivity index is 0. The molecule has 0 heterocycles. The van der Waals surface area contributed by atoms with Crippen LogP contribution in [0.25, 0.3) is 0 Å². The van der Waals surface area contributed by atoms with E-state index in [0.717, 1.165) is 0 Å². The van der Waals surface area contributed by atoms with Crippen LogP contribution in [0.15, 0.2) is 0 Å². The molecule has 0 spiro atoms. The topological polar surface area (TPSA) is 83.6 Å². The summed E-state index contributed by atoms with van der Waals surface area (Å²) in [7, 11) is 0. The second kappa shape index (κ2) is 9.43. The van der Waals surface area contributed by atoms with Gasteiger partial charge in [-0.2, -0.15) is 0 Å². The first kappa shape index (κ1) is 10.1. The number of nitrogens with two attached hydrogens (primary N) is 1. The van der Waals surface area contributed by atoms with Gasteiger partial charge in [0.25, 0.3) is 5.24 Å². The van der Waals surface area contributed by atoms with Crippen molar-refractivity contribution in [2.75, 3.05) is 0 Å². The van der Waals surface area contributed by atoms with E-state index in [-0.39, 0.29) is 12.3 Å². The molecule has 0 bridgehead atoms. The Hall–Kier alpha value is 0.0900. The van der Waals surface area contributed by atoms with Crippen molar-refractivity contribution in [1.29, 1.82) is 0 Å². The first-order valence-corrected chi connectivity index (χ1v) is 2.26. The molecule has 0 aromatic carbocycles. The Bertz CT molecular complexity index is 44.2. The van der Waals surface area contributed by atoms with E-state index in [4.69, 9.17) is 13.9 Å². The highest BCUT2D eigenvalue weighted by molar-refractivity contribution is 7.96. The number of thiol groups is 1. The molecule has 0 rings (SSSR count). The molecular formula is CH5NO3S2. The SMILES string of the molecule is NC(=O)S.OSO. The van der Waals surface area contributed by atoms with E-state index in [1.165, 1.54) is 0 Å². The highest BCUT2D eigenvalue weighted by Gasteiger charge is 1.63. The first-order valence-electron chi connectivity index (χ1n) is 1.08. The maximum absolute atomic E-state index is 9.09. The Morgan fingerprint density at radius 3 is 1.71 bits per heavy atom. The summed E-state index contributed by atoms with van der Waals surface area (Å²) in [5.41, 5.74) is 4.34. The van der Waals surface area contributed by atoms with Crippen LogP contribution in [0.3, 0.4) is 0 Å². The molecule has 44 valence electrons. The van der Waals surface area contributed by atoms with E-state index in [9.17, 15) is 0 Å². The maximum atomic E-state index is 9.09. The third-order valence-electron chi connectivity index (χ3n) is 0. The van der Waals surface area contributed by atoms with Crippen LogP contribution >= 0.6 is 25.0 Å². The van der Waals surface area contributed by atoms with Gasteiger partial charge in [-0.1, -0.05) is 12.6 Å². The lowest BCUT2D eigenvalue weighted by atomic mass is 11.5. The van der Waals surface area contributed by atoms with E-state index in [0.29, 0.717) is 0 Å². The summed E-state index contributed by atoms with van der Waals surface area (Å²) < 4.78 is 14.1. The Kier molecular flexibility index (Phi) is 13.7. The minimum atomic E-state index is -0.639. The van der Waals surface area contributed by atoms with Gasteiger partial charge in [0, 0.05) is 0 Å². The predicted octanol–water partition coefficient (Wildman–Crippen LogP) is 0.661. The molecule has 4 N–H and O–H groups in total. The molecule has 0 aromatic heterocycles. The largest absolute Gasteiger partial charge is 0.361 e. The molecule has 1 amide bonds. The first-order chi connectivity index (χ1) is 3.15. The second-order valence-corrected chi connectivity index (χ2v) is 1.02. The zero-order valence-electron chi connectivity index (χ0n) is 3.24. The highest BCUT2D eigenvalue weighted by Crippen LogP contribution is 1.67. The van der Waals surface area contributed by atoms with Gasteiger partial charge in [-0.3, -0.25) is 4.79 Å². The molecule has 0 radical (unpaired) electrons. The van der Waals surface area contributed by atoms with Gasteiger partial charge in [0.2, 0.25) is 0 Å². The molecule has 0 aromatic rings. The van der Waals surface area contributed by atoms with Crippen molar-refractivity contribution >= 4 is 30.2 Å². The third kappa shape index (κ3) is 12600. The number of primary amides is 1. The van der Waals surface area contributed by atoms with Crippen LogP contribution in [0.4, 0.5) is 4.79 Å². The molecule has 0 fully saturated rings. The summed E-state index contributed by atoms with van der Waals surface area (Å²) in [6.45, 7) is 0. The quantitative estimate of drug-likeness (QED) is 0.296. The van der Waals surface area contributed by atoms with Crippen LogP contribution in [-0.2, 0) is 0 Å². The fraction of sp³-hybridized carbons (Fsp3) is 0. The lowest BCUT2D eigenvalue weighted by molar-refractivity contribution is 0.267. The molecule has 4 nitrogen and oxygen atoms in total. The Labute approximate surface area is 50.5 Å². The lowest BCUT2D eigenvalue weighted by Crippen LogP contribution is -1.95. The fourth-order valence-electron chi connectivity index (χ4n) is 0. The number of hydrogen-bond acceptors (Lipinski definition) is 4. The molecule has 0 saturated carbocycles. The van der Waals surface area contributed by atoms with Crippen LogP contribution in [0, 0.1) is 0 Å². The van der Waals surface area contributed by atoms with Crippen molar-refractivity contribution in [1.82, 2.24) is 0 Å². The van der Waals surface area contributed by atoms with Crippen molar-refractivity contribution in [3.8, 4) is 0 Å². The highest BCUT2D eigenvalue weighted by atomic mass is 32.2. The minimum Gasteiger partial charge on any atom is -0.361 e. The van der Waals surface area contributed by atoms with Crippen molar-refractivity contribution in [3.05, 3.63) is 0 Å². The number of carbonyl (C=O) groups is 1. The molecule has 0 saturated heterocycles. The van der Waals surface area contributed by atoms with Crippen LogP contribution < -0.4 is 5.73 Å². The van der Waals surface area contributed by atoms with E-state index < -0.39 is 5.24 Å². The van der Waals surface area contributed by atoms with Crippen LogP contribution in [0.2, 0.25) is 0 Å². The predicted molar refractivity (Wildman–Crippen MR) is 31.4 cm³/mol. The summed E-state index contributed by atoms with van der Waals surface area (Å²) >= 11 is 2.85. The van der Waals surface area contributed by atoms with E-state index >= 15 is 0 Å². The minimum absolute atomic E-state index is 0.250. The van der Waals surface area contributed by atoms with Gasteiger partial charge in [-0.15, -0.1) is 0 Å². The smallest absolute Gasteiger partial charge is 0.273 e. The average Bonchev–Trinajstić information content (AvgIpc) is 1.33. The van der Waals surface area contributed by atoms with Gasteiger partial charge >= 0.3 is 0 Å². The van der Waals surface area contributed by atoms with Crippen LogP contribution in [0.1, 0.15) is 0 Å². The van der Waals surface area contributed by atoms with Crippen molar-refractivity contribution in [2.24, 2.45) is 5.73 Å². The normalized spacial score (nSPS) is 6.14. The molecule has 6 heteroatoms. The van der Waals surface area contributed by atoms with E-state index in [1.807, 2.05) is 0 Å². The number of rotatable bonds is 0. The molecule has 0 atom stereocenters. The molecule has 0 aliphatic carbocycles. The molecule has 0 aliphatic heterocycles. The van der Waals surface area contributed by atoms with Crippen molar-refractivity contribution in [2.45, 2.75) is 0 Å². The molecule has 7 heavy (non-hydrogen) atoms. The zero-order valence-corrected chi connectivity index (χ0v) is 4.95. The summed E-state index contributed by atoms with van der Waals surface area (Å²) in [6, 6.07) is 0. The second-order valence-electron chi connectivity index (χ2n) is 0.420. The number of hydrogen-bond donors (Lipinski definition) is 4. The van der Waals surface area contributed by atoms with Crippen LogP contribution in [0.5, 0.6) is 0 Å². The zero-order chi connectivity index (χ0) is 6.28. The molecular weight excluding hydrogens is 138 g/mol.